The first-order valence-corrected chi connectivity index (χ1v) is 9.88. The maximum Gasteiger partial charge on any atom is 0.193 e. The predicted molar refractivity (Wildman–Crippen MR) is 125 cm³/mol. The number of halogens is 1. The van der Waals surface area contributed by atoms with Crippen molar-refractivity contribution in [2.75, 3.05) is 47.4 Å². The monoisotopic (exact) mass is 488 g/mol. The van der Waals surface area contributed by atoms with Crippen molar-refractivity contribution in [2.45, 2.75) is 39.3 Å². The van der Waals surface area contributed by atoms with Crippen LogP contribution in [0.1, 0.15) is 37.3 Å². The fraction of sp³-hybridized carbons (Fsp3) is 0.667. The number of nitrogens with zero attached hydrogens (tertiary/aromatic N) is 3. The van der Waals surface area contributed by atoms with E-state index in [0.29, 0.717) is 6.54 Å². The molecule has 27 heavy (non-hydrogen) atoms. The van der Waals surface area contributed by atoms with Crippen molar-refractivity contribution < 1.29 is 4.74 Å². The summed E-state index contributed by atoms with van der Waals surface area (Å²) >= 11 is 0. The van der Waals surface area contributed by atoms with E-state index in [2.05, 4.69) is 67.4 Å². The Balaban J connectivity index is 0.00000364. The third kappa shape index (κ3) is 8.79. The Morgan fingerprint density at radius 2 is 1.81 bits per heavy atom. The summed E-state index contributed by atoms with van der Waals surface area (Å²) in [6.45, 7) is 7.56. The van der Waals surface area contributed by atoms with Gasteiger partial charge in [0, 0.05) is 39.9 Å². The Kier molecular flexibility index (Phi) is 11.9. The molecular weight excluding hydrogens is 451 g/mol. The Labute approximate surface area is 182 Å². The molecule has 0 bridgehead atoms. The summed E-state index contributed by atoms with van der Waals surface area (Å²) in [6, 6.07) is 8.60. The summed E-state index contributed by atoms with van der Waals surface area (Å²) in [6.07, 6.45) is 3.60. The predicted octanol–water partition coefficient (Wildman–Crippen LogP) is 3.58. The van der Waals surface area contributed by atoms with Crippen molar-refractivity contribution in [3.05, 3.63) is 35.4 Å². The molecule has 1 aliphatic heterocycles. The van der Waals surface area contributed by atoms with Gasteiger partial charge in [-0.25, -0.2) is 4.99 Å². The zero-order valence-electron chi connectivity index (χ0n) is 17.4. The first-order chi connectivity index (χ1) is 12.6. The number of ether oxygens (including phenoxy) is 1. The molecule has 2 rings (SSSR count). The fourth-order valence-corrected chi connectivity index (χ4v) is 3.35. The highest BCUT2D eigenvalue weighted by Crippen LogP contribution is 2.18. The van der Waals surface area contributed by atoms with Gasteiger partial charge in [0.15, 0.2) is 5.96 Å². The minimum absolute atomic E-state index is 0. The molecule has 1 heterocycles. The SMILES string of the molecule is CCNC(=NCc1ccccc1CN(C)C)N(C)CCC1CCOCC1.I. The smallest absolute Gasteiger partial charge is 0.193 e. The topological polar surface area (TPSA) is 40.1 Å². The van der Waals surface area contributed by atoms with Gasteiger partial charge in [-0.3, -0.25) is 0 Å². The quantitative estimate of drug-likeness (QED) is 0.345. The number of benzene rings is 1. The van der Waals surface area contributed by atoms with Crippen LogP contribution in [-0.4, -0.2) is 63.2 Å². The zero-order valence-corrected chi connectivity index (χ0v) is 19.7. The average Bonchev–Trinajstić information content (AvgIpc) is 2.64. The van der Waals surface area contributed by atoms with Gasteiger partial charge in [0.05, 0.1) is 6.54 Å². The summed E-state index contributed by atoms with van der Waals surface area (Å²) in [5.74, 6) is 1.79. The number of hydrogen-bond acceptors (Lipinski definition) is 3. The standard InChI is InChI=1S/C21H36N4O.HI/c1-5-22-21(25(4)13-10-18-11-14-26-15-12-18)23-16-19-8-6-7-9-20(19)17-24(2)3;/h6-9,18H,5,10-17H2,1-4H3,(H,22,23);1H. The van der Waals surface area contributed by atoms with Gasteiger partial charge in [-0.2, -0.15) is 0 Å². The van der Waals surface area contributed by atoms with Crippen molar-refractivity contribution in [1.82, 2.24) is 15.1 Å². The normalized spacial score (nSPS) is 15.5. The molecule has 0 unspecified atom stereocenters. The van der Waals surface area contributed by atoms with Crippen molar-refractivity contribution in [3.63, 3.8) is 0 Å². The second kappa shape index (κ2) is 13.3. The van der Waals surface area contributed by atoms with Gasteiger partial charge in [-0.15, -0.1) is 24.0 Å². The van der Waals surface area contributed by atoms with Gasteiger partial charge < -0.3 is 19.9 Å². The molecule has 0 amide bonds. The molecule has 1 N–H and O–H groups in total. The molecule has 0 aromatic heterocycles. The molecule has 1 aliphatic rings. The summed E-state index contributed by atoms with van der Waals surface area (Å²) in [4.78, 5) is 9.38. The second-order valence-electron chi connectivity index (χ2n) is 7.44. The summed E-state index contributed by atoms with van der Waals surface area (Å²) in [5, 5.41) is 3.44. The van der Waals surface area contributed by atoms with Crippen LogP contribution in [0.3, 0.4) is 0 Å². The van der Waals surface area contributed by atoms with Crippen molar-refractivity contribution in [2.24, 2.45) is 10.9 Å². The number of guanidine groups is 1. The first-order valence-electron chi connectivity index (χ1n) is 9.88. The van der Waals surface area contributed by atoms with Crippen LogP contribution in [0.15, 0.2) is 29.3 Å². The van der Waals surface area contributed by atoms with Crippen molar-refractivity contribution in [3.8, 4) is 0 Å². The average molecular weight is 488 g/mol. The van der Waals surface area contributed by atoms with Crippen LogP contribution in [0.2, 0.25) is 0 Å². The number of aliphatic imine (C=N–C) groups is 1. The molecule has 154 valence electrons. The Hall–Kier alpha value is -0.860. The van der Waals surface area contributed by atoms with Crippen molar-refractivity contribution in [1.29, 1.82) is 0 Å². The summed E-state index contributed by atoms with van der Waals surface area (Å²) in [7, 11) is 6.36. The Bertz CT molecular complexity index is 559. The Morgan fingerprint density at radius 3 is 2.44 bits per heavy atom. The van der Waals surface area contributed by atoms with Gasteiger partial charge in [0.2, 0.25) is 0 Å². The van der Waals surface area contributed by atoms with E-state index in [1.54, 1.807) is 0 Å². The molecule has 1 saturated heterocycles. The summed E-state index contributed by atoms with van der Waals surface area (Å²) in [5.41, 5.74) is 2.65. The van der Waals surface area contributed by atoms with E-state index >= 15 is 0 Å². The van der Waals surface area contributed by atoms with Crippen LogP contribution in [0.25, 0.3) is 0 Å². The lowest BCUT2D eigenvalue weighted by atomic mass is 9.96. The molecule has 0 atom stereocenters. The van der Waals surface area contributed by atoms with Gasteiger partial charge in [-0.05, 0) is 57.3 Å². The molecule has 5 nitrogen and oxygen atoms in total. The van der Waals surface area contributed by atoms with Gasteiger partial charge in [0.25, 0.3) is 0 Å². The van der Waals surface area contributed by atoms with Crippen LogP contribution in [0, 0.1) is 5.92 Å². The zero-order chi connectivity index (χ0) is 18.8. The van der Waals surface area contributed by atoms with Crippen LogP contribution >= 0.6 is 24.0 Å². The molecule has 1 aromatic carbocycles. The molecule has 0 radical (unpaired) electrons. The number of nitrogens with one attached hydrogen (secondary N) is 1. The lowest BCUT2D eigenvalue weighted by molar-refractivity contribution is 0.0625. The first kappa shape index (κ1) is 24.2. The van der Waals surface area contributed by atoms with Crippen LogP contribution in [-0.2, 0) is 17.8 Å². The summed E-state index contributed by atoms with van der Waals surface area (Å²) < 4.78 is 5.47. The molecule has 6 heteroatoms. The molecule has 0 saturated carbocycles. The molecule has 1 fully saturated rings. The highest BCUT2D eigenvalue weighted by atomic mass is 127. The molecular formula is C21H37IN4O. The van der Waals surface area contributed by atoms with E-state index in [1.807, 2.05) is 0 Å². The van der Waals surface area contributed by atoms with Crippen LogP contribution in [0.4, 0.5) is 0 Å². The van der Waals surface area contributed by atoms with Gasteiger partial charge >= 0.3 is 0 Å². The van der Waals surface area contributed by atoms with Crippen LogP contribution < -0.4 is 5.32 Å². The number of rotatable bonds is 8. The van der Waals surface area contributed by atoms with Gasteiger partial charge in [-0.1, -0.05) is 24.3 Å². The van der Waals surface area contributed by atoms with E-state index in [4.69, 9.17) is 9.73 Å². The van der Waals surface area contributed by atoms with Crippen molar-refractivity contribution >= 4 is 29.9 Å². The maximum atomic E-state index is 5.47. The fourth-order valence-electron chi connectivity index (χ4n) is 3.35. The minimum atomic E-state index is 0. The highest BCUT2D eigenvalue weighted by molar-refractivity contribution is 14.0. The third-order valence-corrected chi connectivity index (χ3v) is 4.91. The highest BCUT2D eigenvalue weighted by Gasteiger charge is 2.15. The lowest BCUT2D eigenvalue weighted by Gasteiger charge is -2.27. The molecule has 1 aromatic rings. The van der Waals surface area contributed by atoms with E-state index in [0.717, 1.165) is 44.7 Å². The second-order valence-corrected chi connectivity index (χ2v) is 7.44. The third-order valence-electron chi connectivity index (χ3n) is 4.91. The lowest BCUT2D eigenvalue weighted by Crippen LogP contribution is -2.40. The van der Waals surface area contributed by atoms with E-state index < -0.39 is 0 Å². The van der Waals surface area contributed by atoms with Crippen LogP contribution in [0.5, 0.6) is 0 Å². The number of hydrogen-bond donors (Lipinski definition) is 1. The minimum Gasteiger partial charge on any atom is -0.381 e. The van der Waals surface area contributed by atoms with Gasteiger partial charge in [0.1, 0.15) is 0 Å². The van der Waals surface area contributed by atoms with E-state index in [9.17, 15) is 0 Å². The Morgan fingerprint density at radius 1 is 1.15 bits per heavy atom. The largest absolute Gasteiger partial charge is 0.381 e. The maximum absolute atomic E-state index is 5.47. The van der Waals surface area contributed by atoms with E-state index in [1.165, 1.54) is 30.4 Å². The van der Waals surface area contributed by atoms with E-state index in [-0.39, 0.29) is 24.0 Å². The molecule has 0 spiro atoms. The molecule has 0 aliphatic carbocycles.